The third kappa shape index (κ3) is 2.57. The van der Waals surface area contributed by atoms with Crippen LogP contribution in [-0.2, 0) is 9.53 Å². The standard InChI is InChI=1S/C21H22O7/c1-9-4-10(5-16(27-3)19(9)23)17-11-7-15(26-2)14(22)6-12(11)20(24)13-8-28-21(25)18(13)17/h4-7,13,17-18,20,22-24H,8H2,1-3H3. The van der Waals surface area contributed by atoms with Crippen molar-refractivity contribution >= 4 is 5.97 Å². The van der Waals surface area contributed by atoms with E-state index in [0.29, 0.717) is 22.4 Å². The first-order chi connectivity index (χ1) is 13.4. The second-order valence-corrected chi connectivity index (χ2v) is 7.28. The summed E-state index contributed by atoms with van der Waals surface area (Å²) in [5.41, 5.74) is 2.57. The van der Waals surface area contributed by atoms with E-state index in [1.807, 2.05) is 0 Å². The van der Waals surface area contributed by atoms with Crippen LogP contribution in [0.3, 0.4) is 0 Å². The lowest BCUT2D eigenvalue weighted by Crippen LogP contribution is -2.34. The highest BCUT2D eigenvalue weighted by Crippen LogP contribution is 2.54. The molecule has 0 radical (unpaired) electrons. The van der Waals surface area contributed by atoms with Crippen LogP contribution in [0.15, 0.2) is 24.3 Å². The van der Waals surface area contributed by atoms with E-state index in [1.54, 1.807) is 25.1 Å². The van der Waals surface area contributed by atoms with E-state index in [9.17, 15) is 20.1 Å². The van der Waals surface area contributed by atoms with E-state index in [2.05, 4.69) is 0 Å². The summed E-state index contributed by atoms with van der Waals surface area (Å²) in [5, 5.41) is 31.3. The van der Waals surface area contributed by atoms with Gasteiger partial charge in [0.1, 0.15) is 0 Å². The molecule has 4 unspecified atom stereocenters. The van der Waals surface area contributed by atoms with Crippen LogP contribution in [0, 0.1) is 18.8 Å². The number of phenols is 2. The number of aryl methyl sites for hydroxylation is 1. The quantitative estimate of drug-likeness (QED) is 0.696. The highest BCUT2D eigenvalue weighted by molar-refractivity contribution is 5.78. The minimum Gasteiger partial charge on any atom is -0.504 e. The smallest absolute Gasteiger partial charge is 0.310 e. The van der Waals surface area contributed by atoms with Crippen LogP contribution in [0.25, 0.3) is 0 Å². The Morgan fingerprint density at radius 2 is 1.75 bits per heavy atom. The first-order valence-corrected chi connectivity index (χ1v) is 9.00. The summed E-state index contributed by atoms with van der Waals surface area (Å²) in [6, 6.07) is 6.62. The Labute approximate surface area is 162 Å². The maximum atomic E-state index is 12.6. The molecule has 2 aromatic rings. The number of carbonyl (C=O) groups excluding carboxylic acids is 1. The van der Waals surface area contributed by atoms with Gasteiger partial charge in [-0.25, -0.2) is 0 Å². The number of aliphatic hydroxyl groups excluding tert-OH is 1. The monoisotopic (exact) mass is 386 g/mol. The van der Waals surface area contributed by atoms with Gasteiger partial charge < -0.3 is 29.5 Å². The molecule has 7 heteroatoms. The van der Waals surface area contributed by atoms with Crippen molar-refractivity contribution in [1.29, 1.82) is 0 Å². The van der Waals surface area contributed by atoms with E-state index >= 15 is 0 Å². The van der Waals surface area contributed by atoms with E-state index in [4.69, 9.17) is 14.2 Å². The molecule has 4 atom stereocenters. The van der Waals surface area contributed by atoms with E-state index in [1.165, 1.54) is 20.3 Å². The second-order valence-electron chi connectivity index (χ2n) is 7.28. The fourth-order valence-electron chi connectivity index (χ4n) is 4.43. The van der Waals surface area contributed by atoms with Crippen molar-refractivity contribution in [2.75, 3.05) is 20.8 Å². The van der Waals surface area contributed by atoms with E-state index < -0.39 is 23.9 Å². The van der Waals surface area contributed by atoms with Crippen molar-refractivity contribution in [3.05, 3.63) is 46.5 Å². The molecule has 1 aliphatic heterocycles. The fourth-order valence-corrected chi connectivity index (χ4v) is 4.43. The summed E-state index contributed by atoms with van der Waals surface area (Å²) < 4.78 is 15.8. The molecule has 28 heavy (non-hydrogen) atoms. The normalized spacial score (nSPS) is 25.6. The number of esters is 1. The minimum atomic E-state index is -0.945. The van der Waals surface area contributed by atoms with Gasteiger partial charge in [0.2, 0.25) is 0 Å². The van der Waals surface area contributed by atoms with Gasteiger partial charge in [0.15, 0.2) is 23.0 Å². The average molecular weight is 386 g/mol. The molecule has 1 saturated heterocycles. The number of aliphatic hydroxyl groups is 1. The molecule has 2 aromatic carbocycles. The molecule has 1 fully saturated rings. The zero-order valence-electron chi connectivity index (χ0n) is 15.8. The number of fused-ring (bicyclic) bond motifs is 2. The third-order valence-corrected chi connectivity index (χ3v) is 5.82. The summed E-state index contributed by atoms with van der Waals surface area (Å²) in [5.74, 6) is -1.33. The Balaban J connectivity index is 1.98. The molecule has 1 aliphatic carbocycles. The highest BCUT2D eigenvalue weighted by Gasteiger charge is 2.52. The van der Waals surface area contributed by atoms with E-state index in [-0.39, 0.29) is 29.8 Å². The number of rotatable bonds is 3. The Hall–Kier alpha value is -2.93. The van der Waals surface area contributed by atoms with Crippen molar-refractivity contribution in [1.82, 2.24) is 0 Å². The number of cyclic esters (lactones) is 1. The number of benzene rings is 2. The van der Waals surface area contributed by atoms with Gasteiger partial charge in [-0.3, -0.25) is 4.79 Å². The summed E-state index contributed by atoms with van der Waals surface area (Å²) in [6.45, 7) is 1.86. The molecule has 1 heterocycles. The van der Waals surface area contributed by atoms with Crippen molar-refractivity contribution < 1.29 is 34.3 Å². The van der Waals surface area contributed by atoms with Gasteiger partial charge in [-0.05, 0) is 47.4 Å². The average Bonchev–Trinajstić information content (AvgIpc) is 3.06. The number of methoxy groups -OCH3 is 2. The van der Waals surface area contributed by atoms with Crippen LogP contribution in [0.4, 0.5) is 0 Å². The molecule has 4 rings (SSSR count). The van der Waals surface area contributed by atoms with Crippen molar-refractivity contribution in [3.63, 3.8) is 0 Å². The van der Waals surface area contributed by atoms with Crippen LogP contribution in [-0.4, -0.2) is 42.1 Å². The van der Waals surface area contributed by atoms with Crippen LogP contribution < -0.4 is 9.47 Å². The van der Waals surface area contributed by atoms with Gasteiger partial charge in [-0.2, -0.15) is 0 Å². The molecule has 0 amide bonds. The number of aromatic hydroxyl groups is 2. The SMILES string of the molecule is COc1cc2c(cc1O)C(O)C1COC(=O)C1C2c1cc(C)c(O)c(OC)c1. The molecule has 3 N–H and O–H groups in total. The third-order valence-electron chi connectivity index (χ3n) is 5.82. The van der Waals surface area contributed by atoms with Gasteiger partial charge in [-0.15, -0.1) is 0 Å². The molecular formula is C21H22O7. The fraction of sp³-hybridized carbons (Fsp3) is 0.381. The van der Waals surface area contributed by atoms with E-state index in [0.717, 1.165) is 5.56 Å². The summed E-state index contributed by atoms with van der Waals surface area (Å²) >= 11 is 0. The van der Waals surface area contributed by atoms with Crippen LogP contribution in [0.2, 0.25) is 0 Å². The predicted molar refractivity (Wildman–Crippen MR) is 98.8 cm³/mol. The maximum Gasteiger partial charge on any atom is 0.310 e. The summed E-state index contributed by atoms with van der Waals surface area (Å²) in [4.78, 5) is 12.6. The largest absolute Gasteiger partial charge is 0.504 e. The molecule has 0 bridgehead atoms. The molecule has 7 nitrogen and oxygen atoms in total. The lowest BCUT2D eigenvalue weighted by atomic mass is 9.66. The Kier molecular flexibility index (Phi) is 4.34. The summed E-state index contributed by atoms with van der Waals surface area (Å²) in [6.07, 6.45) is -0.945. The number of hydrogen-bond acceptors (Lipinski definition) is 7. The predicted octanol–water partition coefficient (Wildman–Crippen LogP) is 2.39. The lowest BCUT2D eigenvalue weighted by Gasteiger charge is -2.37. The van der Waals surface area contributed by atoms with Crippen molar-refractivity contribution in [3.8, 4) is 23.0 Å². The summed E-state index contributed by atoms with van der Waals surface area (Å²) in [7, 11) is 2.90. The lowest BCUT2D eigenvalue weighted by molar-refractivity contribution is -0.141. The van der Waals surface area contributed by atoms with Crippen molar-refractivity contribution in [2.45, 2.75) is 18.9 Å². The maximum absolute atomic E-state index is 12.6. The molecule has 0 spiro atoms. The number of carbonyl (C=O) groups is 1. The zero-order chi connectivity index (χ0) is 20.2. The Morgan fingerprint density at radius 3 is 2.43 bits per heavy atom. The first kappa shape index (κ1) is 18.4. The number of phenolic OH excluding ortho intramolecular Hbond substituents is 2. The molecule has 0 aromatic heterocycles. The topological polar surface area (TPSA) is 105 Å². The highest BCUT2D eigenvalue weighted by atomic mass is 16.5. The second kappa shape index (κ2) is 6.60. The van der Waals surface area contributed by atoms with Gasteiger partial charge in [0.25, 0.3) is 0 Å². The first-order valence-electron chi connectivity index (χ1n) is 9.00. The molecular weight excluding hydrogens is 364 g/mol. The number of ether oxygens (including phenoxy) is 3. The van der Waals surface area contributed by atoms with Crippen LogP contribution >= 0.6 is 0 Å². The minimum absolute atomic E-state index is 0.0381. The van der Waals surface area contributed by atoms with Gasteiger partial charge in [0, 0.05) is 11.8 Å². The van der Waals surface area contributed by atoms with Gasteiger partial charge in [-0.1, -0.05) is 6.07 Å². The Morgan fingerprint density at radius 1 is 1.04 bits per heavy atom. The van der Waals surface area contributed by atoms with Gasteiger partial charge >= 0.3 is 5.97 Å². The van der Waals surface area contributed by atoms with Crippen LogP contribution in [0.1, 0.15) is 34.3 Å². The molecule has 2 aliphatic rings. The molecule has 148 valence electrons. The Bertz CT molecular complexity index is 952. The zero-order valence-corrected chi connectivity index (χ0v) is 15.8. The molecule has 0 saturated carbocycles. The van der Waals surface area contributed by atoms with Crippen molar-refractivity contribution in [2.24, 2.45) is 11.8 Å². The number of hydrogen-bond donors (Lipinski definition) is 3. The van der Waals surface area contributed by atoms with Crippen LogP contribution in [0.5, 0.6) is 23.0 Å². The van der Waals surface area contributed by atoms with Gasteiger partial charge in [0.05, 0.1) is 32.8 Å².